The minimum atomic E-state index is -1.12. The Hall–Kier alpha value is -2.15. The summed E-state index contributed by atoms with van der Waals surface area (Å²) in [5, 5.41) is 10.2. The molecule has 0 aliphatic rings. The second kappa shape index (κ2) is 5.92. The van der Waals surface area contributed by atoms with Crippen LogP contribution < -0.4 is 4.74 Å². The van der Waals surface area contributed by atoms with Gasteiger partial charge in [-0.3, -0.25) is 9.97 Å². The molecule has 0 fully saturated rings. The first kappa shape index (κ1) is 14.8. The van der Waals surface area contributed by atoms with Crippen LogP contribution in [0.25, 0.3) is 22.4 Å². The molecule has 0 bridgehead atoms. The number of furan rings is 1. The number of nitrogens with zero attached hydrogens (tertiary/aromatic N) is 2. The molecule has 3 rings (SSSR count). The Labute approximate surface area is 131 Å². The molecule has 0 saturated heterocycles. The number of hydrogen-bond donors (Lipinski definition) is 1. The van der Waals surface area contributed by atoms with E-state index in [9.17, 15) is 5.11 Å². The van der Waals surface area contributed by atoms with Gasteiger partial charge < -0.3 is 19.0 Å². The van der Waals surface area contributed by atoms with Gasteiger partial charge in [0.1, 0.15) is 17.0 Å². The normalized spacial score (nSPS) is 12.5. The van der Waals surface area contributed by atoms with Crippen LogP contribution >= 0.6 is 11.6 Å². The van der Waals surface area contributed by atoms with Crippen LogP contribution in [0, 0.1) is 0 Å². The monoisotopic (exact) mass is 320 g/mol. The fourth-order valence-electron chi connectivity index (χ4n) is 2.10. The van der Waals surface area contributed by atoms with Crippen LogP contribution in [0.4, 0.5) is 0 Å². The molecule has 0 radical (unpaired) electrons. The predicted molar refractivity (Wildman–Crippen MR) is 80.8 cm³/mol. The van der Waals surface area contributed by atoms with Gasteiger partial charge in [-0.15, -0.1) is 0 Å². The zero-order chi connectivity index (χ0) is 15.7. The van der Waals surface area contributed by atoms with Crippen molar-refractivity contribution in [2.45, 2.75) is 6.29 Å². The molecule has 7 heteroatoms. The molecule has 0 aliphatic heterocycles. The van der Waals surface area contributed by atoms with Crippen LogP contribution in [0.3, 0.4) is 0 Å². The summed E-state index contributed by atoms with van der Waals surface area (Å²) in [4.78, 5) is 8.36. The fourth-order valence-corrected chi connectivity index (χ4v) is 2.29. The van der Waals surface area contributed by atoms with Gasteiger partial charge in [0.25, 0.3) is 0 Å². The summed E-state index contributed by atoms with van der Waals surface area (Å²) in [6.45, 7) is 0. The van der Waals surface area contributed by atoms with Gasteiger partial charge in [0.05, 0.1) is 23.4 Å². The average Bonchev–Trinajstić information content (AvgIpc) is 2.99. The summed E-state index contributed by atoms with van der Waals surface area (Å²) in [6, 6.07) is 5.00. The van der Waals surface area contributed by atoms with E-state index in [0.29, 0.717) is 38.9 Å². The van der Waals surface area contributed by atoms with Crippen molar-refractivity contribution in [3.05, 3.63) is 41.3 Å². The molecule has 114 valence electrons. The fraction of sp³-hybridized carbons (Fsp3) is 0.200. The number of methoxy groups -OCH3 is 2. The second-order valence-electron chi connectivity index (χ2n) is 4.52. The zero-order valence-corrected chi connectivity index (χ0v) is 12.7. The molecule has 0 spiro atoms. The Morgan fingerprint density at radius 3 is 2.77 bits per heavy atom. The van der Waals surface area contributed by atoms with Gasteiger partial charge in [-0.05, 0) is 6.07 Å². The Kier molecular flexibility index (Phi) is 3.98. The van der Waals surface area contributed by atoms with Gasteiger partial charge in [-0.2, -0.15) is 0 Å². The van der Waals surface area contributed by atoms with E-state index in [1.165, 1.54) is 14.2 Å². The van der Waals surface area contributed by atoms with Crippen molar-refractivity contribution in [3.8, 4) is 17.1 Å². The Balaban J connectivity index is 2.11. The number of fused-ring (bicyclic) bond motifs is 1. The van der Waals surface area contributed by atoms with E-state index in [1.54, 1.807) is 30.6 Å². The molecule has 6 nitrogen and oxygen atoms in total. The van der Waals surface area contributed by atoms with Gasteiger partial charge in [-0.25, -0.2) is 0 Å². The Bertz CT molecular complexity index is 818. The van der Waals surface area contributed by atoms with E-state index in [1.807, 2.05) is 0 Å². The lowest BCUT2D eigenvalue weighted by Gasteiger charge is -2.11. The van der Waals surface area contributed by atoms with Crippen molar-refractivity contribution in [2.24, 2.45) is 0 Å². The first-order valence-electron chi connectivity index (χ1n) is 6.43. The third kappa shape index (κ3) is 2.52. The minimum Gasteiger partial charge on any atom is -0.496 e. The Morgan fingerprint density at radius 2 is 2.09 bits per heavy atom. The molecule has 22 heavy (non-hydrogen) atoms. The number of halogens is 1. The summed E-state index contributed by atoms with van der Waals surface area (Å²) in [5.41, 5.74) is 2.12. The molecule has 3 aromatic rings. The van der Waals surface area contributed by atoms with Crippen LogP contribution in [0.2, 0.25) is 5.02 Å². The molecule has 3 heterocycles. The first-order valence-corrected chi connectivity index (χ1v) is 6.81. The second-order valence-corrected chi connectivity index (χ2v) is 4.92. The highest BCUT2D eigenvalue weighted by Crippen LogP contribution is 2.36. The number of hydrogen-bond acceptors (Lipinski definition) is 6. The maximum absolute atomic E-state index is 9.67. The van der Waals surface area contributed by atoms with Gasteiger partial charge in [0.15, 0.2) is 11.9 Å². The predicted octanol–water partition coefficient (Wildman–Crippen LogP) is 3.19. The molecule has 0 saturated carbocycles. The van der Waals surface area contributed by atoms with Crippen molar-refractivity contribution in [1.29, 1.82) is 0 Å². The molecular formula is C15H13ClN2O4. The topological polar surface area (TPSA) is 77.6 Å². The third-order valence-electron chi connectivity index (χ3n) is 3.21. The minimum absolute atomic E-state index is 0.343. The number of pyridine rings is 2. The van der Waals surface area contributed by atoms with Gasteiger partial charge in [-0.1, -0.05) is 11.6 Å². The lowest BCUT2D eigenvalue weighted by Crippen LogP contribution is -2.03. The summed E-state index contributed by atoms with van der Waals surface area (Å²) in [6.07, 6.45) is 2.04. The maximum Gasteiger partial charge on any atom is 0.198 e. The highest BCUT2D eigenvalue weighted by molar-refractivity contribution is 6.34. The highest BCUT2D eigenvalue weighted by atomic mass is 35.5. The van der Waals surface area contributed by atoms with Crippen molar-refractivity contribution < 1.29 is 19.0 Å². The van der Waals surface area contributed by atoms with Crippen LogP contribution in [0.15, 0.2) is 35.0 Å². The van der Waals surface area contributed by atoms with Crippen LogP contribution in [0.5, 0.6) is 5.75 Å². The van der Waals surface area contributed by atoms with Crippen LogP contribution in [-0.4, -0.2) is 29.3 Å². The van der Waals surface area contributed by atoms with Crippen molar-refractivity contribution >= 4 is 22.7 Å². The van der Waals surface area contributed by atoms with Gasteiger partial charge >= 0.3 is 0 Å². The average molecular weight is 321 g/mol. The van der Waals surface area contributed by atoms with Gasteiger partial charge in [0, 0.05) is 31.6 Å². The smallest absolute Gasteiger partial charge is 0.198 e. The molecule has 3 aromatic heterocycles. The number of aliphatic hydroxyl groups is 1. The lowest BCUT2D eigenvalue weighted by atomic mass is 10.2. The standard InChI is InChI=1S/C15H13ClN2O4/c1-20-12-6-11(15(19)21-2)18-7-8(12)13-5-10-14(22-13)9(16)3-4-17-10/h3-7,15,19H,1-2H3. The number of ether oxygens (including phenoxy) is 2. The summed E-state index contributed by atoms with van der Waals surface area (Å²) >= 11 is 6.09. The largest absolute Gasteiger partial charge is 0.496 e. The number of aliphatic hydroxyl groups excluding tert-OH is 1. The maximum atomic E-state index is 9.67. The summed E-state index contributed by atoms with van der Waals surface area (Å²) in [7, 11) is 2.91. The summed E-state index contributed by atoms with van der Waals surface area (Å²) in [5.74, 6) is 1.02. The van der Waals surface area contributed by atoms with E-state index in [4.69, 9.17) is 25.5 Å². The van der Waals surface area contributed by atoms with E-state index in [2.05, 4.69) is 9.97 Å². The van der Waals surface area contributed by atoms with E-state index in [-0.39, 0.29) is 0 Å². The van der Waals surface area contributed by atoms with E-state index >= 15 is 0 Å². The molecule has 1 unspecified atom stereocenters. The first-order chi connectivity index (χ1) is 10.6. The number of rotatable bonds is 4. The van der Waals surface area contributed by atoms with E-state index < -0.39 is 6.29 Å². The Morgan fingerprint density at radius 1 is 1.27 bits per heavy atom. The lowest BCUT2D eigenvalue weighted by molar-refractivity contribution is -0.0799. The van der Waals surface area contributed by atoms with Crippen LogP contribution in [-0.2, 0) is 4.74 Å². The van der Waals surface area contributed by atoms with Gasteiger partial charge in [0.2, 0.25) is 0 Å². The number of aromatic nitrogens is 2. The van der Waals surface area contributed by atoms with Crippen molar-refractivity contribution in [1.82, 2.24) is 9.97 Å². The molecule has 0 amide bonds. The molecule has 0 aliphatic carbocycles. The molecule has 0 aromatic carbocycles. The SMILES string of the molecule is COc1cc(C(O)OC)ncc1-c1cc2nccc(Cl)c2o1. The molecule has 1 atom stereocenters. The van der Waals surface area contributed by atoms with Crippen LogP contribution in [0.1, 0.15) is 12.0 Å². The zero-order valence-electron chi connectivity index (χ0n) is 11.9. The van der Waals surface area contributed by atoms with Crippen molar-refractivity contribution in [3.63, 3.8) is 0 Å². The molecule has 1 N–H and O–H groups in total. The molecular weight excluding hydrogens is 308 g/mol. The highest BCUT2D eigenvalue weighted by Gasteiger charge is 2.17. The quantitative estimate of drug-likeness (QED) is 0.744. The summed E-state index contributed by atoms with van der Waals surface area (Å²) < 4.78 is 15.9. The van der Waals surface area contributed by atoms with Crippen molar-refractivity contribution in [2.75, 3.05) is 14.2 Å². The van der Waals surface area contributed by atoms with E-state index in [0.717, 1.165) is 0 Å². The third-order valence-corrected chi connectivity index (χ3v) is 3.51.